The van der Waals surface area contributed by atoms with Crippen molar-refractivity contribution in [1.29, 1.82) is 0 Å². The van der Waals surface area contributed by atoms with E-state index in [-0.39, 0.29) is 9.79 Å². The van der Waals surface area contributed by atoms with E-state index in [1.54, 1.807) is 12.1 Å². The van der Waals surface area contributed by atoms with Crippen molar-refractivity contribution in [3.8, 4) is 0 Å². The number of quaternary nitrogens is 2. The first-order valence-corrected chi connectivity index (χ1v) is 14.6. The van der Waals surface area contributed by atoms with Crippen LogP contribution in [0.3, 0.4) is 0 Å². The summed E-state index contributed by atoms with van der Waals surface area (Å²) >= 11 is 2.40. The fraction of sp³-hybridized carbons (Fsp3) is 0.222. The molecule has 0 spiro atoms. The lowest BCUT2D eigenvalue weighted by Crippen LogP contribution is -2.59. The number of thiazole rings is 2. The Hall–Kier alpha value is -2.52. The Morgan fingerprint density at radius 1 is 0.750 bits per heavy atom. The number of fused-ring (bicyclic) bond motifs is 2. The van der Waals surface area contributed by atoms with Crippen LogP contribution in [0.4, 0.5) is 0 Å². The minimum Gasteiger partial charge on any atom is -0.744 e. The van der Waals surface area contributed by atoms with Crippen LogP contribution < -0.4 is 33.0 Å². The SMILES string of the molecule is CCn1/c(=N/N=c2\sc3cc(S(=O)(=O)[O-])ccc3n2CC)sc2cc(S(=O)(=O)[O-])ccc21.N[NH3+].N[NH3+]. The summed E-state index contributed by atoms with van der Waals surface area (Å²) in [5, 5.41) is 8.68. The lowest BCUT2D eigenvalue weighted by atomic mass is 10.3. The van der Waals surface area contributed by atoms with E-state index in [1.807, 2.05) is 23.0 Å². The molecule has 2 aromatic heterocycles. The molecule has 4 rings (SSSR count). The van der Waals surface area contributed by atoms with E-state index in [9.17, 15) is 25.9 Å². The Bertz CT molecular complexity index is 1590. The van der Waals surface area contributed by atoms with E-state index in [2.05, 4.69) is 33.6 Å². The van der Waals surface area contributed by atoms with Crippen molar-refractivity contribution in [2.45, 2.75) is 36.7 Å². The summed E-state index contributed by atoms with van der Waals surface area (Å²) in [6.07, 6.45) is 0. The normalized spacial score (nSPS) is 12.9. The van der Waals surface area contributed by atoms with Gasteiger partial charge in [-0.05, 0) is 50.2 Å². The Labute approximate surface area is 214 Å². The van der Waals surface area contributed by atoms with Crippen LogP contribution in [0, 0.1) is 0 Å². The topological polar surface area (TPSA) is 256 Å². The van der Waals surface area contributed by atoms with Gasteiger partial charge >= 0.3 is 0 Å². The maximum absolute atomic E-state index is 11.3. The smallest absolute Gasteiger partial charge is 0.211 e. The van der Waals surface area contributed by atoms with Crippen molar-refractivity contribution in [3.05, 3.63) is 46.0 Å². The zero-order valence-corrected chi connectivity index (χ0v) is 22.6. The van der Waals surface area contributed by atoms with Crippen molar-refractivity contribution in [1.82, 2.24) is 9.13 Å². The third kappa shape index (κ3) is 6.24. The third-order valence-electron chi connectivity index (χ3n) is 4.74. The molecule has 0 amide bonds. The molecule has 0 saturated heterocycles. The van der Waals surface area contributed by atoms with Gasteiger partial charge in [0.1, 0.15) is 20.2 Å². The highest BCUT2D eigenvalue weighted by molar-refractivity contribution is 7.86. The molecular weight excluding hydrogens is 553 g/mol. The average Bonchev–Trinajstić information content (AvgIpc) is 3.39. The summed E-state index contributed by atoms with van der Waals surface area (Å²) in [5.74, 6) is 14.0. The molecule has 0 aliphatic rings. The quantitative estimate of drug-likeness (QED) is 0.119. The van der Waals surface area contributed by atoms with E-state index in [0.717, 1.165) is 11.0 Å². The Kier molecular flexibility index (Phi) is 10.0. The van der Waals surface area contributed by atoms with Crippen LogP contribution in [-0.2, 0) is 33.3 Å². The molecule has 2 heterocycles. The molecule has 2 aromatic carbocycles. The molecule has 198 valence electrons. The largest absolute Gasteiger partial charge is 0.744 e. The number of benzene rings is 2. The molecular formula is C18H26N8O6S4. The fourth-order valence-corrected chi connectivity index (χ4v) is 6.58. The minimum atomic E-state index is -4.57. The van der Waals surface area contributed by atoms with Crippen LogP contribution in [0.5, 0.6) is 0 Å². The Balaban J connectivity index is 0.00000109. The van der Waals surface area contributed by atoms with Gasteiger partial charge in [0, 0.05) is 13.1 Å². The van der Waals surface area contributed by atoms with E-state index in [1.165, 1.54) is 46.9 Å². The van der Waals surface area contributed by atoms with E-state index >= 15 is 0 Å². The first kappa shape index (κ1) is 29.7. The van der Waals surface area contributed by atoms with Gasteiger partial charge < -0.3 is 18.2 Å². The molecule has 0 fully saturated rings. The van der Waals surface area contributed by atoms with Crippen molar-refractivity contribution < 1.29 is 37.6 Å². The van der Waals surface area contributed by atoms with Crippen LogP contribution in [0.25, 0.3) is 20.4 Å². The van der Waals surface area contributed by atoms with Crippen molar-refractivity contribution in [2.75, 3.05) is 0 Å². The first-order valence-electron chi connectivity index (χ1n) is 10.1. The maximum Gasteiger partial charge on any atom is 0.211 e. The standard InChI is InChI=1S/C18H18N4O6S4.2H4N2/c1-3-21-13-7-5-11(31(23,24)25)9-15(13)29-17(21)19-20-18-22(4-2)14-8-6-12(32(26,27)28)10-16(14)30-18;2*1-2/h5-10H,3-4H2,1-2H3,(H,23,24,25)(H,26,27,28);2*1-2H2/b19-17-,20-18-;;. The summed E-state index contributed by atoms with van der Waals surface area (Å²) < 4.78 is 72.9. The molecule has 0 unspecified atom stereocenters. The van der Waals surface area contributed by atoms with Crippen LogP contribution in [-0.4, -0.2) is 35.1 Å². The number of nitrogens with zero attached hydrogens (tertiary/aromatic N) is 4. The van der Waals surface area contributed by atoms with E-state index < -0.39 is 20.2 Å². The van der Waals surface area contributed by atoms with Crippen LogP contribution in [0.1, 0.15) is 13.8 Å². The van der Waals surface area contributed by atoms with Crippen LogP contribution >= 0.6 is 22.7 Å². The van der Waals surface area contributed by atoms with E-state index in [4.69, 9.17) is 0 Å². The second-order valence-corrected chi connectivity index (χ2v) is 11.4. The predicted octanol–water partition coefficient (Wildman–Crippen LogP) is -1.81. The van der Waals surface area contributed by atoms with Crippen LogP contribution in [0.2, 0.25) is 0 Å². The van der Waals surface area contributed by atoms with Gasteiger partial charge in [-0.2, -0.15) is 11.7 Å². The average molecular weight is 579 g/mol. The van der Waals surface area contributed by atoms with Crippen molar-refractivity contribution in [3.63, 3.8) is 0 Å². The molecule has 18 heteroatoms. The number of aryl methyl sites for hydroxylation is 2. The molecule has 0 aliphatic heterocycles. The molecule has 4 aromatic rings. The second-order valence-electron chi connectivity index (χ2n) is 6.63. The van der Waals surface area contributed by atoms with Crippen LogP contribution in [0.15, 0.2) is 56.4 Å². The van der Waals surface area contributed by atoms with Gasteiger partial charge in [-0.25, -0.2) is 16.8 Å². The number of rotatable bonds is 5. The van der Waals surface area contributed by atoms with Gasteiger partial charge in [-0.3, -0.25) is 11.7 Å². The Morgan fingerprint density at radius 2 is 1.08 bits per heavy atom. The zero-order chi connectivity index (χ0) is 27.3. The van der Waals surface area contributed by atoms with Crippen molar-refractivity contribution in [2.24, 2.45) is 21.9 Å². The van der Waals surface area contributed by atoms with E-state index in [0.29, 0.717) is 32.1 Å². The number of aromatic nitrogens is 2. The summed E-state index contributed by atoms with van der Waals surface area (Å²) in [4.78, 5) is 0.391. The third-order valence-corrected chi connectivity index (χ3v) is 8.46. The minimum absolute atomic E-state index is 0.310. The van der Waals surface area contributed by atoms with Gasteiger partial charge in [0.2, 0.25) is 9.60 Å². The molecule has 10 N–H and O–H groups in total. The molecule has 0 aliphatic carbocycles. The molecule has 0 atom stereocenters. The second kappa shape index (κ2) is 12.1. The Morgan fingerprint density at radius 3 is 1.36 bits per heavy atom. The van der Waals surface area contributed by atoms with Gasteiger partial charge in [0.25, 0.3) is 0 Å². The maximum atomic E-state index is 11.3. The summed E-state index contributed by atoms with van der Waals surface area (Å²) in [6, 6.07) is 8.31. The van der Waals surface area contributed by atoms with Gasteiger partial charge in [-0.1, -0.05) is 22.7 Å². The molecule has 0 bridgehead atoms. The lowest BCUT2D eigenvalue weighted by Gasteiger charge is -2.06. The summed E-state index contributed by atoms with van der Waals surface area (Å²) in [5.41, 5.74) is 1.45. The predicted molar refractivity (Wildman–Crippen MR) is 132 cm³/mol. The van der Waals surface area contributed by atoms with Gasteiger partial charge in [0.15, 0.2) is 0 Å². The van der Waals surface area contributed by atoms with Crippen molar-refractivity contribution >= 4 is 63.3 Å². The molecule has 0 saturated carbocycles. The number of hydrogen-bond donors (Lipinski definition) is 4. The number of hydrogen-bond acceptors (Lipinski definition) is 12. The fourth-order valence-electron chi connectivity index (χ4n) is 3.27. The highest BCUT2D eigenvalue weighted by Gasteiger charge is 2.10. The lowest BCUT2D eigenvalue weighted by molar-refractivity contribution is -0.379. The van der Waals surface area contributed by atoms with Gasteiger partial charge in [0.05, 0.1) is 30.2 Å². The summed E-state index contributed by atoms with van der Waals surface area (Å²) in [6.45, 7) is 4.89. The molecule has 0 radical (unpaired) electrons. The highest BCUT2D eigenvalue weighted by Crippen LogP contribution is 2.23. The van der Waals surface area contributed by atoms with Gasteiger partial charge in [-0.15, -0.1) is 10.2 Å². The first-order chi connectivity index (χ1) is 17.0. The number of nitrogens with two attached hydrogens (primary N) is 2. The molecule has 14 nitrogen and oxygen atoms in total. The molecule has 36 heavy (non-hydrogen) atoms. The zero-order valence-electron chi connectivity index (χ0n) is 19.3. The summed E-state index contributed by atoms with van der Waals surface area (Å²) in [7, 11) is -9.14. The highest BCUT2D eigenvalue weighted by atomic mass is 32.2. The monoisotopic (exact) mass is 578 g/mol.